The minimum absolute atomic E-state index is 0.0652. The lowest BCUT2D eigenvalue weighted by atomic mass is 10.2. The average molecular weight is 341 g/mol. The summed E-state index contributed by atoms with van der Waals surface area (Å²) in [6.45, 7) is 2.57. The summed E-state index contributed by atoms with van der Waals surface area (Å²) in [7, 11) is 1.63. The molecule has 0 saturated heterocycles. The Hall–Kier alpha value is -2.86. The molecule has 0 saturated carbocycles. The Morgan fingerprint density at radius 1 is 0.960 bits per heavy atom. The van der Waals surface area contributed by atoms with Gasteiger partial charge in [-0.05, 0) is 35.9 Å². The molecule has 3 N–H and O–H groups in total. The summed E-state index contributed by atoms with van der Waals surface area (Å²) in [5.74, 6) is 0.591. The van der Waals surface area contributed by atoms with Crippen LogP contribution in [0.15, 0.2) is 48.5 Å². The van der Waals surface area contributed by atoms with Gasteiger partial charge in [-0.25, -0.2) is 0 Å². The molecule has 0 atom stereocenters. The molecule has 2 aromatic rings. The predicted octanol–water partition coefficient (Wildman–Crippen LogP) is 2.77. The molecular formula is C19H23N3O3. The van der Waals surface area contributed by atoms with Gasteiger partial charge in [0.2, 0.25) is 11.8 Å². The number of methoxy groups -OCH3 is 1. The molecule has 6 nitrogen and oxygen atoms in total. The van der Waals surface area contributed by atoms with Crippen molar-refractivity contribution in [3.8, 4) is 5.75 Å². The third-order valence-electron chi connectivity index (χ3n) is 3.52. The van der Waals surface area contributed by atoms with E-state index in [0.29, 0.717) is 24.3 Å². The summed E-state index contributed by atoms with van der Waals surface area (Å²) in [6, 6.07) is 14.7. The van der Waals surface area contributed by atoms with Crippen molar-refractivity contribution >= 4 is 23.2 Å². The van der Waals surface area contributed by atoms with E-state index in [1.165, 1.54) is 0 Å². The summed E-state index contributed by atoms with van der Waals surface area (Å²) in [5, 5.41) is 8.66. The van der Waals surface area contributed by atoms with Crippen LogP contribution in [0, 0.1) is 0 Å². The van der Waals surface area contributed by atoms with Crippen molar-refractivity contribution in [2.75, 3.05) is 24.3 Å². The predicted molar refractivity (Wildman–Crippen MR) is 98.7 cm³/mol. The van der Waals surface area contributed by atoms with E-state index in [9.17, 15) is 9.59 Å². The highest BCUT2D eigenvalue weighted by Gasteiger charge is 2.04. The number of hydrogen-bond acceptors (Lipinski definition) is 4. The number of rotatable bonds is 8. The van der Waals surface area contributed by atoms with Gasteiger partial charge in [-0.3, -0.25) is 9.59 Å². The van der Waals surface area contributed by atoms with Crippen LogP contribution < -0.4 is 20.7 Å². The molecule has 2 amide bonds. The Morgan fingerprint density at radius 2 is 1.60 bits per heavy atom. The summed E-state index contributed by atoms with van der Waals surface area (Å²) in [5.41, 5.74) is 2.37. The fourth-order valence-corrected chi connectivity index (χ4v) is 2.19. The van der Waals surface area contributed by atoms with Crippen molar-refractivity contribution in [2.24, 2.45) is 0 Å². The number of hydrogen-bond donors (Lipinski definition) is 3. The van der Waals surface area contributed by atoms with Crippen LogP contribution in [-0.4, -0.2) is 25.5 Å². The monoisotopic (exact) mass is 341 g/mol. The lowest BCUT2D eigenvalue weighted by Crippen LogP contribution is -2.27. The van der Waals surface area contributed by atoms with Crippen molar-refractivity contribution in [3.63, 3.8) is 0 Å². The quantitative estimate of drug-likeness (QED) is 0.690. The maximum atomic E-state index is 12.0. The van der Waals surface area contributed by atoms with Gasteiger partial charge in [-0.1, -0.05) is 25.1 Å². The van der Waals surface area contributed by atoms with Crippen LogP contribution in [0.3, 0.4) is 0 Å². The van der Waals surface area contributed by atoms with Crippen LogP contribution >= 0.6 is 0 Å². The standard InChI is InChI=1S/C19H23N3O3/c1-3-18(23)21-15-5-4-6-16(11-15)22-19(24)13-20-12-14-7-9-17(25-2)10-8-14/h4-11,20H,3,12-13H2,1-2H3,(H,21,23)(H,22,24). The van der Waals surface area contributed by atoms with Gasteiger partial charge in [0, 0.05) is 24.3 Å². The highest BCUT2D eigenvalue weighted by atomic mass is 16.5. The number of nitrogens with one attached hydrogen (secondary N) is 3. The second-order valence-electron chi connectivity index (χ2n) is 5.48. The van der Waals surface area contributed by atoms with E-state index in [0.717, 1.165) is 11.3 Å². The maximum Gasteiger partial charge on any atom is 0.238 e. The molecule has 2 aromatic carbocycles. The molecule has 0 unspecified atom stereocenters. The van der Waals surface area contributed by atoms with Gasteiger partial charge in [-0.2, -0.15) is 0 Å². The number of amides is 2. The molecule has 25 heavy (non-hydrogen) atoms. The van der Waals surface area contributed by atoms with E-state index in [2.05, 4.69) is 16.0 Å². The van der Waals surface area contributed by atoms with Crippen LogP contribution in [0.5, 0.6) is 5.75 Å². The van der Waals surface area contributed by atoms with Crippen molar-refractivity contribution < 1.29 is 14.3 Å². The number of carbonyl (C=O) groups is 2. The van der Waals surface area contributed by atoms with Crippen molar-refractivity contribution in [1.29, 1.82) is 0 Å². The SMILES string of the molecule is CCC(=O)Nc1cccc(NC(=O)CNCc2ccc(OC)cc2)c1. The first-order chi connectivity index (χ1) is 12.1. The zero-order chi connectivity index (χ0) is 18.1. The molecule has 6 heteroatoms. The summed E-state index contributed by atoms with van der Waals surface area (Å²) in [6.07, 6.45) is 0.409. The van der Waals surface area contributed by atoms with Crippen LogP contribution in [0.1, 0.15) is 18.9 Å². The number of ether oxygens (including phenoxy) is 1. The van der Waals surface area contributed by atoms with E-state index in [4.69, 9.17) is 4.74 Å². The lowest BCUT2D eigenvalue weighted by molar-refractivity contribution is -0.116. The van der Waals surface area contributed by atoms with E-state index in [1.54, 1.807) is 38.3 Å². The van der Waals surface area contributed by atoms with Gasteiger partial charge in [0.25, 0.3) is 0 Å². The second-order valence-corrected chi connectivity index (χ2v) is 5.48. The Balaban J connectivity index is 1.79. The summed E-state index contributed by atoms with van der Waals surface area (Å²) >= 11 is 0. The van der Waals surface area contributed by atoms with Crippen molar-refractivity contribution in [1.82, 2.24) is 5.32 Å². The Kier molecular flexibility index (Phi) is 6.98. The smallest absolute Gasteiger partial charge is 0.238 e. The molecule has 0 aliphatic rings. The van der Waals surface area contributed by atoms with Crippen LogP contribution in [-0.2, 0) is 16.1 Å². The van der Waals surface area contributed by atoms with Crippen LogP contribution in [0.4, 0.5) is 11.4 Å². The van der Waals surface area contributed by atoms with Gasteiger partial charge in [-0.15, -0.1) is 0 Å². The fraction of sp³-hybridized carbons (Fsp3) is 0.263. The minimum Gasteiger partial charge on any atom is -0.497 e. The first-order valence-corrected chi connectivity index (χ1v) is 8.14. The molecule has 0 radical (unpaired) electrons. The van der Waals surface area contributed by atoms with E-state index < -0.39 is 0 Å². The average Bonchev–Trinajstić information content (AvgIpc) is 2.62. The first kappa shape index (κ1) is 18.5. The lowest BCUT2D eigenvalue weighted by Gasteiger charge is -2.09. The van der Waals surface area contributed by atoms with E-state index >= 15 is 0 Å². The van der Waals surface area contributed by atoms with Crippen LogP contribution in [0.25, 0.3) is 0 Å². The highest BCUT2D eigenvalue weighted by Crippen LogP contribution is 2.15. The molecule has 0 heterocycles. The third-order valence-corrected chi connectivity index (χ3v) is 3.52. The van der Waals surface area contributed by atoms with Gasteiger partial charge < -0.3 is 20.7 Å². The molecule has 0 aliphatic carbocycles. The molecule has 132 valence electrons. The van der Waals surface area contributed by atoms with Gasteiger partial charge in [0.05, 0.1) is 13.7 Å². The molecular weight excluding hydrogens is 318 g/mol. The van der Waals surface area contributed by atoms with Gasteiger partial charge >= 0.3 is 0 Å². The molecule has 0 aromatic heterocycles. The zero-order valence-corrected chi connectivity index (χ0v) is 14.5. The van der Waals surface area contributed by atoms with E-state index in [-0.39, 0.29) is 18.4 Å². The number of anilines is 2. The van der Waals surface area contributed by atoms with Gasteiger partial charge in [0.1, 0.15) is 5.75 Å². The van der Waals surface area contributed by atoms with Crippen molar-refractivity contribution in [3.05, 3.63) is 54.1 Å². The summed E-state index contributed by atoms with van der Waals surface area (Å²) < 4.78 is 5.11. The Morgan fingerprint density at radius 3 is 2.20 bits per heavy atom. The first-order valence-electron chi connectivity index (χ1n) is 8.14. The number of benzene rings is 2. The van der Waals surface area contributed by atoms with Crippen LogP contribution in [0.2, 0.25) is 0 Å². The maximum absolute atomic E-state index is 12.0. The topological polar surface area (TPSA) is 79.5 Å². The molecule has 0 fully saturated rings. The Labute approximate surface area is 147 Å². The summed E-state index contributed by atoms with van der Waals surface area (Å²) in [4.78, 5) is 23.4. The minimum atomic E-state index is -0.146. The molecule has 0 aliphatic heterocycles. The molecule has 0 bridgehead atoms. The fourth-order valence-electron chi connectivity index (χ4n) is 2.19. The Bertz CT molecular complexity index is 714. The van der Waals surface area contributed by atoms with Gasteiger partial charge in [0.15, 0.2) is 0 Å². The molecule has 2 rings (SSSR count). The largest absolute Gasteiger partial charge is 0.497 e. The normalized spacial score (nSPS) is 10.2. The van der Waals surface area contributed by atoms with E-state index in [1.807, 2.05) is 24.3 Å². The second kappa shape index (κ2) is 9.44. The van der Waals surface area contributed by atoms with Crippen molar-refractivity contribution in [2.45, 2.75) is 19.9 Å². The third kappa shape index (κ3) is 6.27. The highest BCUT2D eigenvalue weighted by molar-refractivity contribution is 5.94. The zero-order valence-electron chi connectivity index (χ0n) is 14.5. The number of carbonyl (C=O) groups excluding carboxylic acids is 2. The molecule has 0 spiro atoms.